The van der Waals surface area contributed by atoms with Crippen LogP contribution in [0.15, 0.2) is 62.7 Å². The van der Waals surface area contributed by atoms with E-state index >= 15 is 0 Å². The maximum absolute atomic E-state index is 12.0. The van der Waals surface area contributed by atoms with Gasteiger partial charge in [-0.3, -0.25) is 24.6 Å². The zero-order valence-electron chi connectivity index (χ0n) is 16.2. The predicted octanol–water partition coefficient (Wildman–Crippen LogP) is 2.67. The van der Waals surface area contributed by atoms with Crippen molar-refractivity contribution in [1.82, 2.24) is 0 Å². The highest BCUT2D eigenvalue weighted by atomic mass is 32.2. The maximum atomic E-state index is 12.0. The van der Waals surface area contributed by atoms with Crippen molar-refractivity contribution in [2.45, 2.75) is 9.79 Å². The lowest BCUT2D eigenvalue weighted by Gasteiger charge is -2.18. The lowest BCUT2D eigenvalue weighted by molar-refractivity contribution is -0.384. The molecule has 0 saturated heterocycles. The van der Waals surface area contributed by atoms with Gasteiger partial charge in [0.05, 0.1) is 21.5 Å². The fraction of sp³-hybridized carbons (Fsp3) is 0. The van der Waals surface area contributed by atoms with E-state index < -0.39 is 51.6 Å². The normalized spacial score (nSPS) is 12.3. The Kier molecular flexibility index (Phi) is 4.97. The maximum Gasteiger partial charge on any atom is 0.300 e. The van der Waals surface area contributed by atoms with Gasteiger partial charge in [0, 0.05) is 28.6 Å². The number of fused-ring (bicyclic) bond motifs is 2. The van der Waals surface area contributed by atoms with E-state index in [1.54, 1.807) is 0 Å². The molecule has 2 aliphatic rings. The van der Waals surface area contributed by atoms with E-state index in [0.717, 1.165) is 18.2 Å². The van der Waals surface area contributed by atoms with Crippen LogP contribution in [0.1, 0.15) is 0 Å². The number of rotatable bonds is 4. The van der Waals surface area contributed by atoms with E-state index in [0.29, 0.717) is 0 Å². The fourth-order valence-corrected chi connectivity index (χ4v) is 4.94. The first-order valence-corrected chi connectivity index (χ1v) is 11.7. The van der Waals surface area contributed by atoms with Gasteiger partial charge in [0.25, 0.3) is 25.9 Å². The van der Waals surface area contributed by atoms with Gasteiger partial charge in [-0.2, -0.15) is 16.8 Å². The molecule has 0 aromatic heterocycles. The third-order valence-electron chi connectivity index (χ3n) is 4.88. The Morgan fingerprint density at radius 2 is 1.64 bits per heavy atom. The highest BCUT2D eigenvalue weighted by Gasteiger charge is 2.29. The van der Waals surface area contributed by atoms with Gasteiger partial charge >= 0.3 is 0 Å². The lowest BCUT2D eigenvalue weighted by atomic mass is 9.92. The number of hydrogen-bond donors (Lipinski definition) is 4. The number of benzene rings is 3. The summed E-state index contributed by atoms with van der Waals surface area (Å²) >= 11 is 0. The summed E-state index contributed by atoms with van der Waals surface area (Å²) in [5.74, 6) is -0.247. The second kappa shape index (κ2) is 7.35. The van der Waals surface area contributed by atoms with Crippen molar-refractivity contribution in [3.8, 4) is 22.5 Å². The summed E-state index contributed by atoms with van der Waals surface area (Å²) in [5, 5.41) is 18.9. The fourth-order valence-electron chi connectivity index (χ4n) is 3.58. The standard InChI is InChI=1S/C19H13N3O9S2/c20-12-6-5-10-17(9-3-1-2-4-14(9)22(23)24)11-7-16(32(25,26)27)13(21)8-15(11)31-18(10)19(12)33(28,29)30/h1-8,21H,20H2,(H,25,26,27)(H,28,29,30). The Morgan fingerprint density at radius 1 is 0.970 bits per heavy atom. The smallest absolute Gasteiger partial charge is 0.300 e. The van der Waals surface area contributed by atoms with Crippen molar-refractivity contribution < 1.29 is 35.3 Å². The van der Waals surface area contributed by atoms with Crippen molar-refractivity contribution in [2.75, 3.05) is 5.73 Å². The largest absolute Gasteiger partial charge is 0.454 e. The van der Waals surface area contributed by atoms with Crippen LogP contribution in [0.5, 0.6) is 0 Å². The van der Waals surface area contributed by atoms with Crippen LogP contribution in [0.2, 0.25) is 0 Å². The Morgan fingerprint density at radius 3 is 2.24 bits per heavy atom. The quantitative estimate of drug-likeness (QED) is 0.108. The van der Waals surface area contributed by atoms with Crippen LogP contribution in [0, 0.1) is 15.5 Å². The average molecular weight is 491 g/mol. The number of nitrogen functional groups attached to an aromatic ring is 1. The van der Waals surface area contributed by atoms with Gasteiger partial charge in [-0.1, -0.05) is 12.1 Å². The molecule has 0 spiro atoms. The number of nitrogens with zero attached hydrogens (tertiary/aromatic N) is 1. The summed E-state index contributed by atoms with van der Waals surface area (Å²) in [7, 11) is -9.79. The van der Waals surface area contributed by atoms with Crippen molar-refractivity contribution in [2.24, 2.45) is 0 Å². The molecule has 0 amide bonds. The molecule has 0 bridgehead atoms. The monoisotopic (exact) mass is 491 g/mol. The number of nitro groups is 1. The van der Waals surface area contributed by atoms with Gasteiger partial charge in [-0.05, 0) is 24.3 Å². The molecular weight excluding hydrogens is 478 g/mol. The van der Waals surface area contributed by atoms with E-state index in [-0.39, 0.29) is 33.5 Å². The van der Waals surface area contributed by atoms with E-state index in [2.05, 4.69) is 0 Å². The van der Waals surface area contributed by atoms with Crippen molar-refractivity contribution in [1.29, 1.82) is 5.41 Å². The van der Waals surface area contributed by atoms with E-state index in [1.807, 2.05) is 0 Å². The summed E-state index contributed by atoms with van der Waals surface area (Å²) in [6, 6.07) is 9.60. The molecule has 14 heteroatoms. The summed E-state index contributed by atoms with van der Waals surface area (Å²) in [6.07, 6.45) is 0. The van der Waals surface area contributed by atoms with Crippen molar-refractivity contribution in [3.05, 3.63) is 64.0 Å². The zero-order valence-corrected chi connectivity index (χ0v) is 17.8. The van der Waals surface area contributed by atoms with Crippen LogP contribution in [0.25, 0.3) is 33.4 Å². The minimum absolute atomic E-state index is 0.0339. The Hall–Kier alpha value is -3.85. The molecule has 1 heterocycles. The lowest BCUT2D eigenvalue weighted by Crippen LogP contribution is -2.15. The van der Waals surface area contributed by atoms with E-state index in [1.165, 1.54) is 30.3 Å². The number of para-hydroxylation sites is 1. The minimum Gasteiger partial charge on any atom is -0.454 e. The van der Waals surface area contributed by atoms with Crippen molar-refractivity contribution >= 4 is 42.6 Å². The molecular formula is C19H13N3O9S2. The molecule has 0 fully saturated rings. The molecule has 2 aromatic rings. The van der Waals surface area contributed by atoms with Gasteiger partial charge in [-0.15, -0.1) is 0 Å². The van der Waals surface area contributed by atoms with E-state index in [4.69, 9.17) is 15.6 Å². The van der Waals surface area contributed by atoms with Gasteiger partial charge in [0.1, 0.15) is 10.7 Å². The minimum atomic E-state index is -4.93. The topological polar surface area (TPSA) is 215 Å². The summed E-state index contributed by atoms with van der Waals surface area (Å²) in [6.45, 7) is 0. The average Bonchev–Trinajstić information content (AvgIpc) is 2.69. The van der Waals surface area contributed by atoms with Gasteiger partial charge in [-0.25, -0.2) is 0 Å². The Labute approximate surface area is 185 Å². The molecule has 1 aliphatic carbocycles. The number of nitrogens with two attached hydrogens (primary N) is 1. The molecule has 5 N–H and O–H groups in total. The van der Waals surface area contributed by atoms with Crippen LogP contribution in [0.4, 0.5) is 11.4 Å². The van der Waals surface area contributed by atoms with Gasteiger partial charge in [0.2, 0.25) is 0 Å². The number of hydrogen-bond acceptors (Lipinski definition) is 9. The third kappa shape index (κ3) is 3.70. The molecule has 0 saturated carbocycles. The zero-order chi connectivity index (χ0) is 24.3. The molecule has 0 unspecified atom stereocenters. The molecule has 170 valence electrons. The van der Waals surface area contributed by atoms with Crippen LogP contribution in [-0.2, 0) is 20.2 Å². The SMILES string of the molecule is N=c1cc2oc3c(S(=O)(=O)O)c(N)ccc3c(-c3ccccc3[N+](=O)[O-])c-2cc1S(=O)(=O)O. The Bertz CT molecular complexity index is 1730. The first-order chi connectivity index (χ1) is 15.3. The van der Waals surface area contributed by atoms with Gasteiger partial charge < -0.3 is 10.2 Å². The summed E-state index contributed by atoms with van der Waals surface area (Å²) in [5.41, 5.74) is 4.35. The molecule has 0 atom stereocenters. The van der Waals surface area contributed by atoms with Crippen molar-refractivity contribution in [3.63, 3.8) is 0 Å². The third-order valence-corrected chi connectivity index (χ3v) is 6.71. The Balaban J connectivity index is 2.36. The van der Waals surface area contributed by atoms with Crippen LogP contribution in [0.3, 0.4) is 0 Å². The number of nitrogens with one attached hydrogen (secondary N) is 1. The molecule has 12 nitrogen and oxygen atoms in total. The molecule has 0 radical (unpaired) electrons. The first-order valence-electron chi connectivity index (χ1n) is 8.87. The summed E-state index contributed by atoms with van der Waals surface area (Å²) in [4.78, 5) is 9.40. The van der Waals surface area contributed by atoms with Gasteiger partial charge in [0.15, 0.2) is 10.5 Å². The molecule has 33 heavy (non-hydrogen) atoms. The highest BCUT2D eigenvalue weighted by molar-refractivity contribution is 7.86. The summed E-state index contributed by atoms with van der Waals surface area (Å²) < 4.78 is 72.5. The van der Waals surface area contributed by atoms with Crippen LogP contribution >= 0.6 is 0 Å². The van der Waals surface area contributed by atoms with Crippen LogP contribution < -0.4 is 11.1 Å². The van der Waals surface area contributed by atoms with E-state index in [9.17, 15) is 36.1 Å². The second-order valence-corrected chi connectivity index (χ2v) is 9.65. The predicted molar refractivity (Wildman–Crippen MR) is 115 cm³/mol. The second-order valence-electron chi connectivity index (χ2n) is 6.91. The number of anilines is 1. The van der Waals surface area contributed by atoms with Crippen LogP contribution in [-0.4, -0.2) is 30.9 Å². The highest BCUT2D eigenvalue weighted by Crippen LogP contribution is 2.45. The molecule has 2 aromatic carbocycles. The number of nitro benzene ring substituents is 1. The molecule has 4 rings (SSSR count). The first kappa shape index (κ1) is 22.3. The molecule has 1 aliphatic heterocycles.